The third kappa shape index (κ3) is 2.03. The Morgan fingerprint density at radius 1 is 1.09 bits per heavy atom. The van der Waals surface area contributed by atoms with Crippen molar-refractivity contribution in [3.63, 3.8) is 0 Å². The number of hydrogen-bond acceptors (Lipinski definition) is 4. The average Bonchev–Trinajstić information content (AvgIpc) is 2.78. The van der Waals surface area contributed by atoms with Crippen LogP contribution in [0.1, 0.15) is 35.6 Å². The Kier molecular flexibility index (Phi) is 3.72. The molecule has 0 aliphatic heterocycles. The summed E-state index contributed by atoms with van der Waals surface area (Å²) in [4.78, 5) is 12.4. The van der Waals surface area contributed by atoms with Gasteiger partial charge in [0.25, 0.3) is 0 Å². The molecule has 0 bridgehead atoms. The molecule has 1 unspecified atom stereocenters. The number of aliphatic hydroxyl groups is 2. The normalized spacial score (nSPS) is 26.5. The molecule has 4 nitrogen and oxygen atoms in total. The van der Waals surface area contributed by atoms with Gasteiger partial charge in [0, 0.05) is 0 Å². The van der Waals surface area contributed by atoms with Crippen LogP contribution in [0.25, 0.3) is 0 Å². The second kappa shape index (κ2) is 5.55. The molecule has 1 aliphatic carbocycles. The Bertz CT molecular complexity index is 682. The first-order valence-electron chi connectivity index (χ1n) is 7.32. The van der Waals surface area contributed by atoms with Gasteiger partial charge in [-0.25, -0.2) is 4.79 Å². The van der Waals surface area contributed by atoms with Crippen molar-refractivity contribution in [1.29, 1.82) is 0 Å². The number of hydrogen-bond donors (Lipinski definition) is 2. The van der Waals surface area contributed by atoms with Crippen molar-refractivity contribution in [3.05, 3.63) is 71.3 Å². The third-order valence-electron chi connectivity index (χ3n) is 4.19. The number of ether oxygens (including phenoxy) is 1. The maximum absolute atomic E-state index is 12.4. The molecule has 0 heterocycles. The molecule has 0 aromatic heterocycles. The zero-order valence-corrected chi connectivity index (χ0v) is 12.3. The fraction of sp³-hybridized carbons (Fsp3) is 0.278. The molecule has 3 atom stereocenters. The van der Waals surface area contributed by atoms with E-state index in [-0.39, 0.29) is 6.61 Å². The van der Waals surface area contributed by atoms with Crippen LogP contribution in [0.4, 0.5) is 0 Å². The number of esters is 1. The Morgan fingerprint density at radius 3 is 2.32 bits per heavy atom. The molecule has 0 saturated heterocycles. The Labute approximate surface area is 129 Å². The van der Waals surface area contributed by atoms with Crippen LogP contribution in [-0.4, -0.2) is 28.4 Å². The summed E-state index contributed by atoms with van der Waals surface area (Å²) >= 11 is 0. The lowest BCUT2D eigenvalue weighted by atomic mass is 9.81. The van der Waals surface area contributed by atoms with Gasteiger partial charge in [-0.3, -0.25) is 0 Å². The molecule has 0 radical (unpaired) electrons. The molecule has 2 aromatic carbocycles. The van der Waals surface area contributed by atoms with E-state index in [1.807, 2.05) is 42.5 Å². The SMILES string of the molecule is CCOC(=O)[C@@]1(O)C(c2ccccc2)c2ccccc2[C@@H]1O. The maximum Gasteiger partial charge on any atom is 0.342 e. The van der Waals surface area contributed by atoms with E-state index in [4.69, 9.17) is 4.74 Å². The van der Waals surface area contributed by atoms with Gasteiger partial charge >= 0.3 is 5.97 Å². The quantitative estimate of drug-likeness (QED) is 0.852. The minimum absolute atomic E-state index is 0.145. The van der Waals surface area contributed by atoms with Crippen molar-refractivity contribution in [3.8, 4) is 0 Å². The number of aliphatic hydroxyl groups excluding tert-OH is 1. The van der Waals surface area contributed by atoms with E-state index in [0.717, 1.165) is 11.1 Å². The Morgan fingerprint density at radius 2 is 1.68 bits per heavy atom. The molecule has 0 fully saturated rings. The molecule has 2 N–H and O–H groups in total. The van der Waals surface area contributed by atoms with Crippen LogP contribution in [0.15, 0.2) is 54.6 Å². The molecule has 1 aliphatic rings. The Hall–Kier alpha value is -2.17. The van der Waals surface area contributed by atoms with Crippen molar-refractivity contribution in [2.24, 2.45) is 0 Å². The molecule has 114 valence electrons. The molecule has 22 heavy (non-hydrogen) atoms. The van der Waals surface area contributed by atoms with Crippen LogP contribution in [0.5, 0.6) is 0 Å². The number of carbonyl (C=O) groups is 1. The van der Waals surface area contributed by atoms with Gasteiger partial charge in [-0.05, 0) is 23.6 Å². The summed E-state index contributed by atoms with van der Waals surface area (Å²) < 4.78 is 5.03. The van der Waals surface area contributed by atoms with Crippen LogP contribution in [0, 0.1) is 0 Å². The lowest BCUT2D eigenvalue weighted by Crippen LogP contribution is -2.47. The largest absolute Gasteiger partial charge is 0.464 e. The van der Waals surface area contributed by atoms with Crippen molar-refractivity contribution in [2.45, 2.75) is 24.5 Å². The van der Waals surface area contributed by atoms with Gasteiger partial charge in [-0.15, -0.1) is 0 Å². The maximum atomic E-state index is 12.4. The van der Waals surface area contributed by atoms with Crippen molar-refractivity contribution in [2.75, 3.05) is 6.61 Å². The first-order chi connectivity index (χ1) is 10.6. The molecule has 0 spiro atoms. The van der Waals surface area contributed by atoms with Gasteiger partial charge < -0.3 is 14.9 Å². The summed E-state index contributed by atoms with van der Waals surface area (Å²) in [5.74, 6) is -1.45. The molecule has 2 aromatic rings. The zero-order valence-electron chi connectivity index (χ0n) is 12.3. The van der Waals surface area contributed by atoms with Crippen molar-refractivity contribution in [1.82, 2.24) is 0 Å². The highest BCUT2D eigenvalue weighted by atomic mass is 16.6. The summed E-state index contributed by atoms with van der Waals surface area (Å²) in [5, 5.41) is 21.6. The lowest BCUT2D eigenvalue weighted by molar-refractivity contribution is -0.178. The second-order valence-electron chi connectivity index (χ2n) is 5.42. The van der Waals surface area contributed by atoms with Crippen LogP contribution in [-0.2, 0) is 9.53 Å². The summed E-state index contributed by atoms with van der Waals surface area (Å²) in [6.07, 6.45) is -1.31. The number of fused-ring (bicyclic) bond motifs is 1. The van der Waals surface area contributed by atoms with E-state index < -0.39 is 23.6 Å². The number of carbonyl (C=O) groups excluding carboxylic acids is 1. The molecule has 4 heteroatoms. The van der Waals surface area contributed by atoms with Gasteiger partial charge in [-0.2, -0.15) is 0 Å². The number of benzene rings is 2. The van der Waals surface area contributed by atoms with E-state index in [0.29, 0.717) is 5.56 Å². The average molecular weight is 298 g/mol. The van der Waals surface area contributed by atoms with Gasteiger partial charge in [0.05, 0.1) is 12.5 Å². The summed E-state index contributed by atoms with van der Waals surface area (Å²) in [6, 6.07) is 16.4. The second-order valence-corrected chi connectivity index (χ2v) is 5.42. The van der Waals surface area contributed by atoms with Gasteiger partial charge in [0.1, 0.15) is 6.10 Å². The van der Waals surface area contributed by atoms with Gasteiger partial charge in [0.15, 0.2) is 0 Å². The number of rotatable bonds is 3. The van der Waals surface area contributed by atoms with Crippen LogP contribution in [0.3, 0.4) is 0 Å². The van der Waals surface area contributed by atoms with E-state index in [9.17, 15) is 15.0 Å². The zero-order chi connectivity index (χ0) is 15.7. The van der Waals surface area contributed by atoms with E-state index in [1.54, 1.807) is 19.1 Å². The highest BCUT2D eigenvalue weighted by Gasteiger charge is 2.58. The minimum atomic E-state index is -2.01. The summed E-state index contributed by atoms with van der Waals surface area (Å²) in [5.41, 5.74) is 0.0619. The lowest BCUT2D eigenvalue weighted by Gasteiger charge is -2.31. The van der Waals surface area contributed by atoms with Crippen molar-refractivity contribution >= 4 is 5.97 Å². The molecule has 3 rings (SSSR count). The highest BCUT2D eigenvalue weighted by Crippen LogP contribution is 2.51. The predicted octanol–water partition coefficient (Wildman–Crippen LogP) is 2.16. The molecule has 0 amide bonds. The third-order valence-corrected chi connectivity index (χ3v) is 4.19. The first kappa shape index (κ1) is 14.8. The first-order valence-corrected chi connectivity index (χ1v) is 7.32. The van der Waals surface area contributed by atoms with Gasteiger partial charge in [0.2, 0.25) is 5.60 Å². The smallest absolute Gasteiger partial charge is 0.342 e. The van der Waals surface area contributed by atoms with Crippen LogP contribution >= 0.6 is 0 Å². The van der Waals surface area contributed by atoms with E-state index >= 15 is 0 Å². The standard InChI is InChI=1S/C18H18O4/c1-2-22-17(20)18(21)15(12-8-4-3-5-9-12)13-10-6-7-11-14(13)16(18)19/h3-11,15-16,19,21H,2H2,1H3/t15?,16-,18+/m0/s1. The van der Waals surface area contributed by atoms with Crippen LogP contribution in [0.2, 0.25) is 0 Å². The monoisotopic (exact) mass is 298 g/mol. The fourth-order valence-electron chi connectivity index (χ4n) is 3.21. The molecular weight excluding hydrogens is 280 g/mol. The predicted molar refractivity (Wildman–Crippen MR) is 81.3 cm³/mol. The fourth-order valence-corrected chi connectivity index (χ4v) is 3.21. The van der Waals surface area contributed by atoms with Gasteiger partial charge in [-0.1, -0.05) is 54.6 Å². The Balaban J connectivity index is 2.19. The summed E-state index contributed by atoms with van der Waals surface area (Å²) in [7, 11) is 0. The van der Waals surface area contributed by atoms with Crippen molar-refractivity contribution < 1.29 is 19.7 Å². The molecular formula is C18H18O4. The molecule has 0 saturated carbocycles. The van der Waals surface area contributed by atoms with E-state index in [1.165, 1.54) is 0 Å². The van der Waals surface area contributed by atoms with E-state index in [2.05, 4.69) is 0 Å². The summed E-state index contributed by atoms with van der Waals surface area (Å²) in [6.45, 7) is 1.82. The topological polar surface area (TPSA) is 66.8 Å². The highest BCUT2D eigenvalue weighted by molar-refractivity contribution is 5.85. The van der Waals surface area contributed by atoms with Crippen LogP contribution < -0.4 is 0 Å². The minimum Gasteiger partial charge on any atom is -0.464 e.